The van der Waals surface area contributed by atoms with Gasteiger partial charge in [0.25, 0.3) is 0 Å². The van der Waals surface area contributed by atoms with Crippen molar-refractivity contribution in [1.29, 1.82) is 0 Å². The lowest BCUT2D eigenvalue weighted by atomic mass is 9.65. The number of nitrogens with one attached hydrogen (secondary N) is 1. The van der Waals surface area contributed by atoms with Crippen LogP contribution in [0.1, 0.15) is 18.5 Å². The van der Waals surface area contributed by atoms with Crippen LogP contribution in [0.2, 0.25) is 0 Å². The normalized spacial score (nSPS) is 21.0. The Labute approximate surface area is 170 Å². The van der Waals surface area contributed by atoms with E-state index >= 15 is 0 Å². The molecule has 2 aromatic heterocycles. The number of aromatic nitrogens is 3. The van der Waals surface area contributed by atoms with Gasteiger partial charge >= 0.3 is 6.36 Å². The Morgan fingerprint density at radius 1 is 1.00 bits per heavy atom. The number of benzene rings is 1. The molecule has 0 bridgehead atoms. The summed E-state index contributed by atoms with van der Waals surface area (Å²) in [6.45, 7) is 0.423. The second kappa shape index (κ2) is 7.89. The van der Waals surface area contributed by atoms with Crippen molar-refractivity contribution in [3.05, 3.63) is 66.5 Å². The van der Waals surface area contributed by atoms with Crippen LogP contribution in [-0.4, -0.2) is 34.3 Å². The molecule has 0 unspecified atom stereocenters. The lowest BCUT2D eigenvalue weighted by Crippen LogP contribution is -2.48. The minimum atomic E-state index is -4.80. The maximum atomic E-state index is 13.6. The highest BCUT2D eigenvalue weighted by Crippen LogP contribution is 2.44. The first-order chi connectivity index (χ1) is 14.3. The second-order valence-electron chi connectivity index (χ2n) is 7.20. The fraction of sp³-hybridized carbons (Fsp3) is 0.286. The molecule has 0 saturated heterocycles. The van der Waals surface area contributed by atoms with Crippen LogP contribution >= 0.6 is 0 Å². The molecule has 9 heteroatoms. The molecule has 1 aromatic carbocycles. The van der Waals surface area contributed by atoms with E-state index in [1.807, 2.05) is 12.1 Å². The highest BCUT2D eigenvalue weighted by Gasteiger charge is 2.47. The predicted octanol–water partition coefficient (Wildman–Crippen LogP) is 4.92. The molecule has 0 amide bonds. The van der Waals surface area contributed by atoms with Gasteiger partial charge < -0.3 is 10.1 Å². The molecule has 5 nitrogen and oxygen atoms in total. The summed E-state index contributed by atoms with van der Waals surface area (Å²) in [5.41, 5.74) is 0.813. The van der Waals surface area contributed by atoms with Gasteiger partial charge in [-0.3, -0.25) is 4.98 Å². The van der Waals surface area contributed by atoms with Crippen molar-refractivity contribution < 1.29 is 22.3 Å². The number of para-hydroxylation sites is 1. The first-order valence-corrected chi connectivity index (χ1v) is 9.33. The van der Waals surface area contributed by atoms with Crippen molar-refractivity contribution in [3.63, 3.8) is 0 Å². The average Bonchev–Trinajstić information content (AvgIpc) is 2.71. The first-order valence-electron chi connectivity index (χ1n) is 9.33. The fourth-order valence-corrected chi connectivity index (χ4v) is 3.63. The van der Waals surface area contributed by atoms with Crippen LogP contribution in [0.25, 0.3) is 11.3 Å². The minimum absolute atomic E-state index is 0.179. The molecule has 1 saturated carbocycles. The molecular formula is C21H18F4N4O. The number of pyridine rings is 1. The number of halogens is 4. The third-order valence-corrected chi connectivity index (χ3v) is 5.09. The molecule has 0 spiro atoms. The quantitative estimate of drug-likeness (QED) is 0.576. The number of ether oxygens (including phenoxy) is 1. The summed E-state index contributed by atoms with van der Waals surface area (Å²) in [5, 5.41) is 11.2. The van der Waals surface area contributed by atoms with E-state index in [0.29, 0.717) is 25.2 Å². The SMILES string of the molecule is FC1CC(CNc2ccc(-c3ccccc3OC(F)(F)F)nn2)(c2ccccn2)C1. The summed E-state index contributed by atoms with van der Waals surface area (Å²) >= 11 is 0. The summed E-state index contributed by atoms with van der Waals surface area (Å²) in [6.07, 6.45) is -3.26. The van der Waals surface area contributed by atoms with Crippen LogP contribution in [0.5, 0.6) is 5.75 Å². The number of hydrogen-bond donors (Lipinski definition) is 1. The summed E-state index contributed by atoms with van der Waals surface area (Å²) in [4.78, 5) is 4.36. The predicted molar refractivity (Wildman–Crippen MR) is 103 cm³/mol. The number of hydrogen-bond acceptors (Lipinski definition) is 5. The van der Waals surface area contributed by atoms with Gasteiger partial charge in [0.15, 0.2) is 0 Å². The standard InChI is InChI=1S/C21H18F4N4O/c22-14-11-20(12-14,18-7-3-4-10-26-18)13-27-19-9-8-16(28-29-19)15-5-1-2-6-17(15)30-21(23,24)25/h1-10,14H,11-13H2,(H,27,29). The van der Waals surface area contributed by atoms with Crippen molar-refractivity contribution in [1.82, 2.24) is 15.2 Å². The van der Waals surface area contributed by atoms with Gasteiger partial charge in [0.05, 0.1) is 5.69 Å². The monoisotopic (exact) mass is 418 g/mol. The van der Waals surface area contributed by atoms with Gasteiger partial charge in [-0.1, -0.05) is 18.2 Å². The Morgan fingerprint density at radius 2 is 1.77 bits per heavy atom. The molecule has 156 valence electrons. The number of alkyl halides is 4. The van der Waals surface area contributed by atoms with E-state index in [0.717, 1.165) is 5.69 Å². The highest BCUT2D eigenvalue weighted by molar-refractivity contribution is 5.67. The summed E-state index contributed by atoms with van der Waals surface area (Å²) in [7, 11) is 0. The molecule has 0 atom stereocenters. The average molecular weight is 418 g/mol. The molecule has 30 heavy (non-hydrogen) atoms. The molecule has 1 aliphatic rings. The van der Waals surface area contributed by atoms with Gasteiger partial charge in [0, 0.05) is 29.4 Å². The van der Waals surface area contributed by atoms with Crippen LogP contribution < -0.4 is 10.1 Å². The van der Waals surface area contributed by atoms with Crippen LogP contribution in [-0.2, 0) is 5.41 Å². The minimum Gasteiger partial charge on any atom is -0.405 e. The van der Waals surface area contributed by atoms with Gasteiger partial charge in [0.2, 0.25) is 0 Å². The molecule has 4 rings (SSSR count). The first kappa shape index (κ1) is 20.1. The smallest absolute Gasteiger partial charge is 0.405 e. The van der Waals surface area contributed by atoms with Crippen molar-refractivity contribution >= 4 is 5.82 Å². The molecule has 1 aliphatic carbocycles. The fourth-order valence-electron chi connectivity index (χ4n) is 3.63. The van der Waals surface area contributed by atoms with Gasteiger partial charge in [0.1, 0.15) is 17.7 Å². The van der Waals surface area contributed by atoms with Gasteiger partial charge in [-0.05, 0) is 49.2 Å². The van der Waals surface area contributed by atoms with E-state index in [1.165, 1.54) is 18.2 Å². The Bertz CT molecular complexity index is 990. The number of anilines is 1. The Kier molecular flexibility index (Phi) is 5.27. The maximum Gasteiger partial charge on any atom is 0.573 e. The lowest BCUT2D eigenvalue weighted by Gasteiger charge is -2.43. The Balaban J connectivity index is 1.49. The molecule has 3 aromatic rings. The van der Waals surface area contributed by atoms with E-state index in [4.69, 9.17) is 0 Å². The topological polar surface area (TPSA) is 59.9 Å². The van der Waals surface area contributed by atoms with Crippen LogP contribution in [0, 0.1) is 0 Å². The van der Waals surface area contributed by atoms with Crippen LogP contribution in [0.3, 0.4) is 0 Å². The van der Waals surface area contributed by atoms with Crippen molar-refractivity contribution in [2.75, 3.05) is 11.9 Å². The molecule has 1 fully saturated rings. The van der Waals surface area contributed by atoms with Crippen LogP contribution in [0.15, 0.2) is 60.8 Å². The van der Waals surface area contributed by atoms with E-state index < -0.39 is 17.9 Å². The number of rotatable bonds is 6. The third kappa shape index (κ3) is 4.34. The molecular weight excluding hydrogens is 400 g/mol. The van der Waals surface area contributed by atoms with Gasteiger partial charge in [-0.15, -0.1) is 23.4 Å². The van der Waals surface area contributed by atoms with Gasteiger partial charge in [-0.2, -0.15) is 0 Å². The lowest BCUT2D eigenvalue weighted by molar-refractivity contribution is -0.274. The van der Waals surface area contributed by atoms with Crippen molar-refractivity contribution in [2.24, 2.45) is 0 Å². The van der Waals surface area contributed by atoms with E-state index in [1.54, 1.807) is 30.5 Å². The van der Waals surface area contributed by atoms with E-state index in [-0.39, 0.29) is 17.0 Å². The molecule has 0 aliphatic heterocycles. The summed E-state index contributed by atoms with van der Waals surface area (Å²) in [6, 6.07) is 14.5. The van der Waals surface area contributed by atoms with Crippen molar-refractivity contribution in [2.45, 2.75) is 30.8 Å². The maximum absolute atomic E-state index is 13.6. The Hall–Kier alpha value is -3.23. The summed E-state index contributed by atoms with van der Waals surface area (Å²) in [5.74, 6) is 0.0863. The Morgan fingerprint density at radius 3 is 2.40 bits per heavy atom. The summed E-state index contributed by atoms with van der Waals surface area (Å²) < 4.78 is 55.6. The number of nitrogens with zero attached hydrogens (tertiary/aromatic N) is 3. The zero-order chi connectivity index (χ0) is 21.2. The molecule has 1 N–H and O–H groups in total. The largest absolute Gasteiger partial charge is 0.573 e. The van der Waals surface area contributed by atoms with E-state index in [2.05, 4.69) is 25.2 Å². The van der Waals surface area contributed by atoms with Gasteiger partial charge in [-0.25, -0.2) is 4.39 Å². The zero-order valence-electron chi connectivity index (χ0n) is 15.7. The second-order valence-corrected chi connectivity index (χ2v) is 7.20. The van der Waals surface area contributed by atoms with Crippen molar-refractivity contribution in [3.8, 4) is 17.0 Å². The molecule has 0 radical (unpaired) electrons. The third-order valence-electron chi connectivity index (χ3n) is 5.09. The van der Waals surface area contributed by atoms with E-state index in [9.17, 15) is 17.6 Å². The van der Waals surface area contributed by atoms with Crippen LogP contribution in [0.4, 0.5) is 23.4 Å². The zero-order valence-corrected chi connectivity index (χ0v) is 15.7. The highest BCUT2D eigenvalue weighted by atomic mass is 19.4. The molecule has 2 heterocycles.